The van der Waals surface area contributed by atoms with Crippen molar-refractivity contribution in [3.05, 3.63) is 54.1 Å². The van der Waals surface area contributed by atoms with Crippen LogP contribution in [0, 0.1) is 5.92 Å². The third kappa shape index (κ3) is 7.75. The van der Waals surface area contributed by atoms with Gasteiger partial charge in [-0.3, -0.25) is 0 Å². The van der Waals surface area contributed by atoms with E-state index in [-0.39, 0.29) is 5.97 Å². The fourth-order valence-electron chi connectivity index (χ4n) is 2.94. The summed E-state index contributed by atoms with van der Waals surface area (Å²) in [6, 6.07) is 15.7. The Balaban J connectivity index is 1.80. The summed E-state index contributed by atoms with van der Waals surface area (Å²) in [4.78, 5) is 12.0. The minimum Gasteiger partial charge on any atom is -0.494 e. The Labute approximate surface area is 170 Å². The molecule has 0 saturated carbocycles. The summed E-state index contributed by atoms with van der Waals surface area (Å²) in [5.74, 6) is 0.981. The van der Waals surface area contributed by atoms with Crippen LogP contribution < -0.4 is 4.74 Å². The average Bonchev–Trinajstić information content (AvgIpc) is 2.72. The van der Waals surface area contributed by atoms with Crippen LogP contribution in [0.5, 0.6) is 5.75 Å². The number of benzene rings is 2. The lowest BCUT2D eigenvalue weighted by atomic mass is 10.0. The Morgan fingerprint density at radius 2 is 1.39 bits per heavy atom. The Hall–Kier alpha value is -2.29. The molecule has 2 aromatic carbocycles. The molecule has 3 nitrogen and oxygen atoms in total. The zero-order chi connectivity index (χ0) is 20.2. The van der Waals surface area contributed by atoms with Crippen molar-refractivity contribution >= 4 is 5.97 Å². The molecule has 0 aliphatic rings. The summed E-state index contributed by atoms with van der Waals surface area (Å²) in [6.07, 6.45) is 7.61. The van der Waals surface area contributed by atoms with Crippen LogP contribution in [0.4, 0.5) is 0 Å². The van der Waals surface area contributed by atoms with Gasteiger partial charge in [0.05, 0.1) is 18.8 Å². The number of ether oxygens (including phenoxy) is 2. The van der Waals surface area contributed by atoms with Gasteiger partial charge in [-0.25, -0.2) is 4.79 Å². The van der Waals surface area contributed by atoms with E-state index in [2.05, 4.69) is 19.1 Å². The number of esters is 1. The molecule has 2 aromatic rings. The molecular formula is C25H34O3. The van der Waals surface area contributed by atoms with Gasteiger partial charge in [0.1, 0.15) is 5.75 Å². The molecule has 2 rings (SSSR count). The first-order valence-electron chi connectivity index (χ1n) is 10.6. The minimum absolute atomic E-state index is 0.265. The predicted molar refractivity (Wildman–Crippen MR) is 116 cm³/mol. The van der Waals surface area contributed by atoms with Crippen molar-refractivity contribution in [1.29, 1.82) is 0 Å². The summed E-state index contributed by atoms with van der Waals surface area (Å²) in [5, 5.41) is 0. The van der Waals surface area contributed by atoms with Crippen LogP contribution >= 0.6 is 0 Å². The first-order chi connectivity index (χ1) is 13.6. The van der Waals surface area contributed by atoms with E-state index in [9.17, 15) is 4.79 Å². The highest BCUT2D eigenvalue weighted by Crippen LogP contribution is 2.23. The molecule has 0 aromatic heterocycles. The smallest absolute Gasteiger partial charge is 0.338 e. The molecule has 28 heavy (non-hydrogen) atoms. The van der Waals surface area contributed by atoms with Gasteiger partial charge in [0.15, 0.2) is 0 Å². The molecule has 152 valence electrons. The highest BCUT2D eigenvalue weighted by molar-refractivity contribution is 5.90. The van der Waals surface area contributed by atoms with E-state index < -0.39 is 0 Å². The molecule has 0 atom stereocenters. The maximum absolute atomic E-state index is 12.0. The molecule has 0 N–H and O–H groups in total. The molecule has 0 amide bonds. The van der Waals surface area contributed by atoms with Crippen molar-refractivity contribution in [3.8, 4) is 16.9 Å². The maximum atomic E-state index is 12.0. The first kappa shape index (κ1) is 22.0. The second-order valence-electron chi connectivity index (χ2n) is 7.71. The van der Waals surface area contributed by atoms with Crippen LogP contribution in [0.3, 0.4) is 0 Å². The number of carbonyl (C=O) groups is 1. The van der Waals surface area contributed by atoms with Gasteiger partial charge < -0.3 is 9.47 Å². The first-order valence-corrected chi connectivity index (χ1v) is 10.6. The quantitative estimate of drug-likeness (QED) is 0.296. The van der Waals surface area contributed by atoms with E-state index in [0.29, 0.717) is 18.1 Å². The normalized spacial score (nSPS) is 10.9. The molecule has 0 aliphatic heterocycles. The number of hydrogen-bond acceptors (Lipinski definition) is 3. The highest BCUT2D eigenvalue weighted by atomic mass is 16.5. The SMILES string of the molecule is CCCCCCCCOc1ccc(-c2ccc(C(=O)OCC(C)C)cc2)cc1. The van der Waals surface area contributed by atoms with Crippen molar-refractivity contribution in [2.45, 2.75) is 59.3 Å². The van der Waals surface area contributed by atoms with Crippen LogP contribution in [-0.4, -0.2) is 19.2 Å². The molecule has 0 saturated heterocycles. The Morgan fingerprint density at radius 3 is 2.00 bits per heavy atom. The Morgan fingerprint density at radius 1 is 0.821 bits per heavy atom. The van der Waals surface area contributed by atoms with E-state index in [4.69, 9.17) is 9.47 Å². The van der Waals surface area contributed by atoms with E-state index >= 15 is 0 Å². The second-order valence-corrected chi connectivity index (χ2v) is 7.71. The largest absolute Gasteiger partial charge is 0.494 e. The lowest BCUT2D eigenvalue weighted by molar-refractivity contribution is 0.0459. The maximum Gasteiger partial charge on any atom is 0.338 e. The summed E-state index contributed by atoms with van der Waals surface area (Å²) in [6.45, 7) is 7.51. The third-order valence-corrected chi connectivity index (χ3v) is 4.62. The lowest BCUT2D eigenvalue weighted by Crippen LogP contribution is -2.09. The standard InChI is InChI=1S/C25H34O3/c1-4-5-6-7-8-9-18-27-24-16-14-22(15-17-24)21-10-12-23(13-11-21)25(26)28-19-20(2)3/h10-17,20H,4-9,18-19H2,1-3H3. The Bertz CT molecular complexity index is 687. The minimum atomic E-state index is -0.265. The van der Waals surface area contributed by atoms with Crippen molar-refractivity contribution < 1.29 is 14.3 Å². The monoisotopic (exact) mass is 382 g/mol. The van der Waals surface area contributed by atoms with Crippen molar-refractivity contribution in [3.63, 3.8) is 0 Å². The molecular weight excluding hydrogens is 348 g/mol. The predicted octanol–water partition coefficient (Wildman–Crippen LogP) is 6.91. The van der Waals surface area contributed by atoms with Gasteiger partial charge in [-0.2, -0.15) is 0 Å². The number of hydrogen-bond donors (Lipinski definition) is 0. The van der Waals surface area contributed by atoms with Crippen LogP contribution in [0.2, 0.25) is 0 Å². The topological polar surface area (TPSA) is 35.5 Å². The van der Waals surface area contributed by atoms with Gasteiger partial charge in [-0.05, 0) is 47.7 Å². The van der Waals surface area contributed by atoms with Crippen LogP contribution in [0.15, 0.2) is 48.5 Å². The lowest BCUT2D eigenvalue weighted by Gasteiger charge is -2.09. The van der Waals surface area contributed by atoms with Crippen molar-refractivity contribution in [2.75, 3.05) is 13.2 Å². The highest BCUT2D eigenvalue weighted by Gasteiger charge is 2.08. The number of rotatable bonds is 12. The van der Waals surface area contributed by atoms with Gasteiger partial charge in [0, 0.05) is 0 Å². The van der Waals surface area contributed by atoms with Gasteiger partial charge in [0.2, 0.25) is 0 Å². The Kier molecular flexibility index (Phi) is 9.61. The molecule has 0 spiro atoms. The molecule has 0 aliphatic carbocycles. The van der Waals surface area contributed by atoms with Gasteiger partial charge in [-0.1, -0.05) is 77.1 Å². The fourth-order valence-corrected chi connectivity index (χ4v) is 2.94. The van der Waals surface area contributed by atoms with Gasteiger partial charge in [-0.15, -0.1) is 0 Å². The molecule has 0 heterocycles. The summed E-state index contributed by atoms with van der Waals surface area (Å²) in [7, 11) is 0. The summed E-state index contributed by atoms with van der Waals surface area (Å²) in [5.41, 5.74) is 2.76. The fraction of sp³-hybridized carbons (Fsp3) is 0.480. The number of carbonyl (C=O) groups excluding carboxylic acids is 1. The van der Waals surface area contributed by atoms with Crippen molar-refractivity contribution in [2.24, 2.45) is 5.92 Å². The van der Waals surface area contributed by atoms with E-state index in [1.165, 1.54) is 32.1 Å². The summed E-state index contributed by atoms with van der Waals surface area (Å²) >= 11 is 0. The third-order valence-electron chi connectivity index (χ3n) is 4.62. The van der Waals surface area contributed by atoms with Gasteiger partial charge >= 0.3 is 5.97 Å². The van der Waals surface area contributed by atoms with Gasteiger partial charge in [0.25, 0.3) is 0 Å². The molecule has 0 radical (unpaired) electrons. The zero-order valence-corrected chi connectivity index (χ0v) is 17.6. The van der Waals surface area contributed by atoms with Crippen LogP contribution in [0.1, 0.15) is 69.7 Å². The molecule has 0 fully saturated rings. The van der Waals surface area contributed by atoms with Crippen molar-refractivity contribution in [1.82, 2.24) is 0 Å². The average molecular weight is 383 g/mol. The van der Waals surface area contributed by atoms with E-state index in [0.717, 1.165) is 29.9 Å². The molecule has 3 heteroatoms. The van der Waals surface area contributed by atoms with E-state index in [1.54, 1.807) is 0 Å². The van der Waals surface area contributed by atoms with Crippen LogP contribution in [0.25, 0.3) is 11.1 Å². The zero-order valence-electron chi connectivity index (χ0n) is 17.6. The molecule has 0 bridgehead atoms. The van der Waals surface area contributed by atoms with E-state index in [1.807, 2.05) is 50.2 Å². The number of unbranched alkanes of at least 4 members (excludes halogenated alkanes) is 5. The van der Waals surface area contributed by atoms with Crippen LogP contribution in [-0.2, 0) is 4.74 Å². The second kappa shape index (κ2) is 12.2. The molecule has 0 unspecified atom stereocenters. The summed E-state index contributed by atoms with van der Waals surface area (Å²) < 4.78 is 11.1.